The standard InChI is InChI=1S/C7H8.C4H2Br2O/c1-7-5-3-2-4-6-7;5-3-1-2-7-4(3)6/h2-6H,1H3;1-2H. The number of furan rings is 1. The van der Waals surface area contributed by atoms with Crippen molar-refractivity contribution in [2.75, 3.05) is 0 Å². The van der Waals surface area contributed by atoms with E-state index in [1.165, 1.54) is 5.56 Å². The summed E-state index contributed by atoms with van der Waals surface area (Å²) >= 11 is 6.38. The van der Waals surface area contributed by atoms with E-state index in [0.29, 0.717) is 0 Å². The van der Waals surface area contributed by atoms with Crippen LogP contribution in [0.4, 0.5) is 0 Å². The topological polar surface area (TPSA) is 13.1 Å². The molecule has 1 nitrogen and oxygen atoms in total. The summed E-state index contributed by atoms with van der Waals surface area (Å²) in [5.41, 5.74) is 1.32. The molecule has 2 rings (SSSR count). The Kier molecular flexibility index (Phi) is 4.98. The fourth-order valence-corrected chi connectivity index (χ4v) is 1.25. The SMILES string of the molecule is Brc1ccoc1Br.Cc1ccccc1. The molecule has 0 amide bonds. The van der Waals surface area contributed by atoms with Crippen LogP contribution >= 0.6 is 31.9 Å². The van der Waals surface area contributed by atoms with Crippen molar-refractivity contribution in [2.45, 2.75) is 6.92 Å². The summed E-state index contributed by atoms with van der Waals surface area (Å²) in [6, 6.07) is 12.1. The molecule has 0 N–H and O–H groups in total. The molecule has 0 aliphatic rings. The lowest BCUT2D eigenvalue weighted by molar-refractivity contribution is 0.539. The summed E-state index contributed by atoms with van der Waals surface area (Å²) in [4.78, 5) is 0. The second kappa shape index (κ2) is 6.04. The van der Waals surface area contributed by atoms with Gasteiger partial charge in [0.25, 0.3) is 0 Å². The average Bonchev–Trinajstić information content (AvgIpc) is 2.53. The highest BCUT2D eigenvalue weighted by molar-refractivity contribution is 9.13. The van der Waals surface area contributed by atoms with E-state index < -0.39 is 0 Å². The van der Waals surface area contributed by atoms with Crippen LogP contribution in [0.3, 0.4) is 0 Å². The molecule has 0 aliphatic heterocycles. The van der Waals surface area contributed by atoms with Crippen LogP contribution in [0.1, 0.15) is 5.56 Å². The zero-order chi connectivity index (χ0) is 10.4. The minimum atomic E-state index is 0.743. The molecule has 74 valence electrons. The fourth-order valence-electron chi connectivity index (χ4n) is 0.810. The molecule has 0 saturated carbocycles. The summed E-state index contributed by atoms with van der Waals surface area (Å²) in [6.45, 7) is 2.08. The van der Waals surface area contributed by atoms with Gasteiger partial charge in [-0.15, -0.1) is 0 Å². The van der Waals surface area contributed by atoms with Gasteiger partial charge in [0.15, 0.2) is 4.67 Å². The third kappa shape index (κ3) is 4.11. The van der Waals surface area contributed by atoms with Crippen molar-refractivity contribution in [3.8, 4) is 0 Å². The molecule has 2 aromatic rings. The van der Waals surface area contributed by atoms with Gasteiger partial charge in [-0.05, 0) is 44.8 Å². The predicted molar refractivity (Wildman–Crippen MR) is 65.3 cm³/mol. The number of aryl methyl sites for hydroxylation is 1. The largest absolute Gasteiger partial charge is 0.456 e. The van der Waals surface area contributed by atoms with E-state index in [9.17, 15) is 0 Å². The second-order valence-corrected chi connectivity index (χ2v) is 4.27. The van der Waals surface area contributed by atoms with Gasteiger partial charge in [0.2, 0.25) is 0 Å². The quantitative estimate of drug-likeness (QED) is 0.680. The van der Waals surface area contributed by atoms with Crippen molar-refractivity contribution in [3.05, 3.63) is 57.4 Å². The van der Waals surface area contributed by atoms with Crippen LogP contribution in [0.15, 0.2) is 56.2 Å². The summed E-state index contributed by atoms with van der Waals surface area (Å²) in [7, 11) is 0. The summed E-state index contributed by atoms with van der Waals surface area (Å²) in [5, 5.41) is 0. The molecule has 1 aromatic heterocycles. The highest BCUT2D eigenvalue weighted by atomic mass is 79.9. The number of benzene rings is 1. The smallest absolute Gasteiger partial charge is 0.183 e. The number of hydrogen-bond donors (Lipinski definition) is 0. The van der Waals surface area contributed by atoms with Gasteiger partial charge in [0.1, 0.15) is 0 Å². The van der Waals surface area contributed by atoms with Gasteiger partial charge in [0, 0.05) is 0 Å². The van der Waals surface area contributed by atoms with Gasteiger partial charge < -0.3 is 4.42 Å². The van der Waals surface area contributed by atoms with Gasteiger partial charge in [-0.3, -0.25) is 0 Å². The van der Waals surface area contributed by atoms with E-state index in [-0.39, 0.29) is 0 Å². The molecular formula is C11H10Br2O. The van der Waals surface area contributed by atoms with Crippen molar-refractivity contribution in [1.82, 2.24) is 0 Å². The molecule has 0 bridgehead atoms. The lowest BCUT2D eigenvalue weighted by Crippen LogP contribution is -1.62. The van der Waals surface area contributed by atoms with Gasteiger partial charge in [-0.2, -0.15) is 0 Å². The van der Waals surface area contributed by atoms with Crippen molar-refractivity contribution in [2.24, 2.45) is 0 Å². The Bertz CT molecular complexity index is 351. The fraction of sp³-hybridized carbons (Fsp3) is 0.0909. The average molecular weight is 318 g/mol. The van der Waals surface area contributed by atoms with Crippen LogP contribution in [-0.2, 0) is 0 Å². The first-order chi connectivity index (χ1) is 6.70. The van der Waals surface area contributed by atoms with Crippen LogP contribution < -0.4 is 0 Å². The summed E-state index contributed by atoms with van der Waals surface area (Å²) in [6.07, 6.45) is 1.61. The Morgan fingerprint density at radius 3 is 1.86 bits per heavy atom. The first-order valence-electron chi connectivity index (χ1n) is 4.10. The van der Waals surface area contributed by atoms with Crippen LogP contribution in [0.25, 0.3) is 0 Å². The van der Waals surface area contributed by atoms with Crippen LogP contribution in [0, 0.1) is 6.92 Å². The van der Waals surface area contributed by atoms with Gasteiger partial charge in [-0.25, -0.2) is 0 Å². The van der Waals surface area contributed by atoms with E-state index in [1.54, 1.807) is 6.26 Å². The molecule has 0 atom stereocenters. The Balaban J connectivity index is 0.000000140. The molecule has 14 heavy (non-hydrogen) atoms. The maximum atomic E-state index is 4.83. The van der Waals surface area contributed by atoms with Crippen LogP contribution in [0.5, 0.6) is 0 Å². The number of hydrogen-bond acceptors (Lipinski definition) is 1. The normalized spacial score (nSPS) is 9.07. The Labute approximate surface area is 100 Å². The molecule has 0 unspecified atom stereocenters. The lowest BCUT2D eigenvalue weighted by atomic mass is 10.2. The van der Waals surface area contributed by atoms with Crippen LogP contribution in [0.2, 0.25) is 0 Å². The zero-order valence-corrected chi connectivity index (χ0v) is 10.9. The highest BCUT2D eigenvalue weighted by Crippen LogP contribution is 2.22. The third-order valence-electron chi connectivity index (χ3n) is 1.51. The second-order valence-electron chi connectivity index (χ2n) is 2.70. The monoisotopic (exact) mass is 316 g/mol. The van der Waals surface area contributed by atoms with Crippen molar-refractivity contribution in [3.63, 3.8) is 0 Å². The Hall–Kier alpha value is -0.540. The molecule has 1 aromatic carbocycles. The molecule has 0 spiro atoms. The van der Waals surface area contributed by atoms with E-state index >= 15 is 0 Å². The molecule has 0 aliphatic carbocycles. The summed E-state index contributed by atoms with van der Waals surface area (Å²) < 4.78 is 6.53. The number of rotatable bonds is 0. The van der Waals surface area contributed by atoms with Crippen molar-refractivity contribution >= 4 is 31.9 Å². The Morgan fingerprint density at radius 1 is 1.00 bits per heavy atom. The first-order valence-corrected chi connectivity index (χ1v) is 5.69. The predicted octanol–water partition coefficient (Wildman–Crippen LogP) is 4.80. The minimum Gasteiger partial charge on any atom is -0.456 e. The molecule has 0 saturated heterocycles. The zero-order valence-electron chi connectivity index (χ0n) is 7.71. The van der Waals surface area contributed by atoms with E-state index in [0.717, 1.165) is 9.14 Å². The van der Waals surface area contributed by atoms with Crippen LogP contribution in [-0.4, -0.2) is 0 Å². The van der Waals surface area contributed by atoms with Gasteiger partial charge >= 0.3 is 0 Å². The van der Waals surface area contributed by atoms with Gasteiger partial charge in [-0.1, -0.05) is 35.9 Å². The molecular weight excluding hydrogens is 308 g/mol. The van der Waals surface area contributed by atoms with E-state index in [4.69, 9.17) is 4.42 Å². The lowest BCUT2D eigenvalue weighted by Gasteiger charge is -1.82. The first kappa shape index (κ1) is 11.5. The van der Waals surface area contributed by atoms with E-state index in [2.05, 4.69) is 50.9 Å². The summed E-state index contributed by atoms with van der Waals surface area (Å²) in [5.74, 6) is 0. The molecule has 1 heterocycles. The minimum absolute atomic E-state index is 0.743. The highest BCUT2D eigenvalue weighted by Gasteiger charge is 1.93. The molecule has 0 radical (unpaired) electrons. The Morgan fingerprint density at radius 2 is 1.64 bits per heavy atom. The van der Waals surface area contributed by atoms with Crippen molar-refractivity contribution < 1.29 is 4.42 Å². The third-order valence-corrected chi connectivity index (χ3v) is 3.28. The van der Waals surface area contributed by atoms with Crippen molar-refractivity contribution in [1.29, 1.82) is 0 Å². The number of halogens is 2. The van der Waals surface area contributed by atoms with E-state index in [1.807, 2.05) is 24.3 Å². The van der Waals surface area contributed by atoms with Gasteiger partial charge in [0.05, 0.1) is 10.7 Å². The maximum Gasteiger partial charge on any atom is 0.183 e. The molecule has 3 heteroatoms. The maximum absolute atomic E-state index is 4.83. The molecule has 0 fully saturated rings.